The van der Waals surface area contributed by atoms with Crippen LogP contribution in [-0.4, -0.2) is 16.9 Å². The van der Waals surface area contributed by atoms with Gasteiger partial charge in [0.15, 0.2) is 5.78 Å². The SMILES string of the molecule is CC(F)(F)c1cccc(C(=O)C2Cc3ccccc3C(CC(=O)O)=C2N)c1. The van der Waals surface area contributed by atoms with E-state index in [1.54, 1.807) is 18.2 Å². The molecule has 0 amide bonds. The number of nitrogens with two attached hydrogens (primary N) is 1. The summed E-state index contributed by atoms with van der Waals surface area (Å²) in [6.45, 7) is 0.771. The summed E-state index contributed by atoms with van der Waals surface area (Å²) in [5, 5.41) is 9.22. The van der Waals surface area contributed by atoms with E-state index in [0.29, 0.717) is 12.0 Å². The molecule has 27 heavy (non-hydrogen) atoms. The molecule has 3 rings (SSSR count). The molecule has 0 fully saturated rings. The number of carboxylic acids is 1. The van der Waals surface area contributed by atoms with Crippen LogP contribution >= 0.6 is 0 Å². The number of carboxylic acid groups (broad SMARTS) is 1. The lowest BCUT2D eigenvalue weighted by molar-refractivity contribution is -0.135. The highest BCUT2D eigenvalue weighted by atomic mass is 19.3. The van der Waals surface area contributed by atoms with Gasteiger partial charge in [-0.25, -0.2) is 8.78 Å². The summed E-state index contributed by atoms with van der Waals surface area (Å²) >= 11 is 0. The molecule has 0 aliphatic heterocycles. The van der Waals surface area contributed by atoms with Crippen molar-refractivity contribution < 1.29 is 23.5 Å². The monoisotopic (exact) mass is 371 g/mol. The van der Waals surface area contributed by atoms with Crippen molar-refractivity contribution in [3.8, 4) is 0 Å². The van der Waals surface area contributed by atoms with E-state index < -0.39 is 23.6 Å². The molecule has 0 saturated carbocycles. The number of hydrogen-bond acceptors (Lipinski definition) is 3. The van der Waals surface area contributed by atoms with Crippen LogP contribution in [0, 0.1) is 5.92 Å². The maximum Gasteiger partial charge on any atom is 0.307 e. The minimum Gasteiger partial charge on any atom is -0.481 e. The number of ketones is 1. The summed E-state index contributed by atoms with van der Waals surface area (Å²) in [7, 11) is 0. The standard InChI is InChI=1S/C21H19F2NO3/c1-21(22,23)14-7-4-6-13(9-14)20(27)17-10-12-5-2-3-8-15(12)16(19(17)24)11-18(25)26/h2-9,17H,10-11,24H2,1H3,(H,25,26). The predicted molar refractivity (Wildman–Crippen MR) is 97.3 cm³/mol. The van der Waals surface area contributed by atoms with Crippen molar-refractivity contribution in [2.45, 2.75) is 25.7 Å². The number of benzene rings is 2. The quantitative estimate of drug-likeness (QED) is 0.779. The number of halogens is 2. The van der Waals surface area contributed by atoms with E-state index >= 15 is 0 Å². The molecule has 1 aliphatic carbocycles. The zero-order valence-corrected chi connectivity index (χ0v) is 14.7. The largest absolute Gasteiger partial charge is 0.481 e. The fourth-order valence-corrected chi connectivity index (χ4v) is 3.42. The second-order valence-electron chi connectivity index (χ2n) is 6.75. The highest BCUT2D eigenvalue weighted by Crippen LogP contribution is 2.36. The van der Waals surface area contributed by atoms with Crippen molar-refractivity contribution in [2.75, 3.05) is 0 Å². The van der Waals surface area contributed by atoms with Gasteiger partial charge in [-0.1, -0.05) is 42.5 Å². The predicted octanol–water partition coefficient (Wildman–Crippen LogP) is 4.00. The molecule has 0 heterocycles. The average molecular weight is 371 g/mol. The van der Waals surface area contributed by atoms with Gasteiger partial charge < -0.3 is 10.8 Å². The molecule has 0 bridgehead atoms. The van der Waals surface area contributed by atoms with Gasteiger partial charge in [-0.2, -0.15) is 0 Å². The van der Waals surface area contributed by atoms with Crippen molar-refractivity contribution in [3.63, 3.8) is 0 Å². The topological polar surface area (TPSA) is 80.4 Å². The van der Waals surface area contributed by atoms with Crippen molar-refractivity contribution >= 4 is 17.3 Å². The van der Waals surface area contributed by atoms with Crippen molar-refractivity contribution in [2.24, 2.45) is 11.7 Å². The van der Waals surface area contributed by atoms with Crippen LogP contribution in [0.15, 0.2) is 54.2 Å². The van der Waals surface area contributed by atoms with Crippen LogP contribution in [0.25, 0.3) is 5.57 Å². The van der Waals surface area contributed by atoms with Crippen molar-refractivity contribution in [1.29, 1.82) is 0 Å². The van der Waals surface area contributed by atoms with E-state index in [4.69, 9.17) is 5.73 Å². The highest BCUT2D eigenvalue weighted by Gasteiger charge is 2.33. The van der Waals surface area contributed by atoms with E-state index in [0.717, 1.165) is 18.1 Å². The molecular formula is C21H19F2NO3. The van der Waals surface area contributed by atoms with Gasteiger partial charge in [0, 0.05) is 23.7 Å². The first kappa shape index (κ1) is 18.8. The van der Waals surface area contributed by atoms with Crippen molar-refractivity contribution in [1.82, 2.24) is 0 Å². The lowest BCUT2D eigenvalue weighted by Crippen LogP contribution is -2.29. The van der Waals surface area contributed by atoms with E-state index in [1.807, 2.05) is 6.07 Å². The van der Waals surface area contributed by atoms with Gasteiger partial charge in [0.2, 0.25) is 0 Å². The van der Waals surface area contributed by atoms with Crippen LogP contribution < -0.4 is 5.73 Å². The lowest BCUT2D eigenvalue weighted by atomic mass is 9.78. The minimum atomic E-state index is -3.06. The van der Waals surface area contributed by atoms with Gasteiger partial charge in [0.05, 0.1) is 12.3 Å². The zero-order chi connectivity index (χ0) is 19.8. The molecule has 4 nitrogen and oxygen atoms in total. The Labute approximate surface area is 155 Å². The van der Waals surface area contributed by atoms with Crippen molar-refractivity contribution in [3.05, 3.63) is 76.5 Å². The molecule has 1 atom stereocenters. The lowest BCUT2D eigenvalue weighted by Gasteiger charge is -2.27. The summed E-state index contributed by atoms with van der Waals surface area (Å²) in [4.78, 5) is 24.3. The molecule has 2 aromatic carbocycles. The third-order valence-electron chi connectivity index (χ3n) is 4.79. The van der Waals surface area contributed by atoms with Crippen LogP contribution in [-0.2, 0) is 17.1 Å². The summed E-state index contributed by atoms with van der Waals surface area (Å²) in [6.07, 6.45) is -0.00357. The molecule has 0 saturated heterocycles. The van der Waals surface area contributed by atoms with Gasteiger partial charge >= 0.3 is 5.97 Å². The highest BCUT2D eigenvalue weighted by molar-refractivity contribution is 6.02. The van der Waals surface area contributed by atoms with Crippen LogP contribution in [0.4, 0.5) is 8.78 Å². The van der Waals surface area contributed by atoms with E-state index in [-0.39, 0.29) is 23.2 Å². The summed E-state index contributed by atoms with van der Waals surface area (Å²) in [5.41, 5.74) is 8.21. The fraction of sp³-hybridized carbons (Fsp3) is 0.238. The van der Waals surface area contributed by atoms with Crippen LogP contribution in [0.2, 0.25) is 0 Å². The summed E-state index contributed by atoms with van der Waals surface area (Å²) < 4.78 is 27.2. The van der Waals surface area contributed by atoms with E-state index in [1.165, 1.54) is 24.3 Å². The molecule has 2 aromatic rings. The Bertz CT molecular complexity index is 944. The molecule has 0 spiro atoms. The Morgan fingerprint density at radius 2 is 1.89 bits per heavy atom. The second-order valence-corrected chi connectivity index (χ2v) is 6.75. The molecule has 0 aromatic heterocycles. The Kier molecular flexibility index (Phi) is 4.83. The number of Topliss-reactive ketones (excluding diaryl/α,β-unsaturated/α-hetero) is 1. The van der Waals surface area contributed by atoms with E-state index in [2.05, 4.69) is 0 Å². The number of carbonyl (C=O) groups excluding carboxylic acids is 1. The fourth-order valence-electron chi connectivity index (χ4n) is 3.42. The Balaban J connectivity index is 2.04. The van der Waals surface area contributed by atoms with Crippen LogP contribution in [0.3, 0.4) is 0 Å². The number of alkyl halides is 2. The second kappa shape index (κ2) is 6.95. The van der Waals surface area contributed by atoms with Crippen LogP contribution in [0.1, 0.15) is 40.4 Å². The molecule has 140 valence electrons. The van der Waals surface area contributed by atoms with Crippen LogP contribution in [0.5, 0.6) is 0 Å². The third kappa shape index (κ3) is 3.74. The number of aliphatic carboxylic acids is 1. The molecule has 3 N–H and O–H groups in total. The first-order valence-electron chi connectivity index (χ1n) is 8.49. The Hall–Kier alpha value is -3.02. The number of fused-ring (bicyclic) bond motifs is 1. The maximum atomic E-state index is 13.6. The smallest absolute Gasteiger partial charge is 0.307 e. The first-order valence-corrected chi connectivity index (χ1v) is 8.49. The minimum absolute atomic E-state index is 0.135. The van der Waals surface area contributed by atoms with Gasteiger partial charge in [0.25, 0.3) is 5.92 Å². The average Bonchev–Trinajstić information content (AvgIpc) is 2.62. The first-order chi connectivity index (χ1) is 12.7. The third-order valence-corrected chi connectivity index (χ3v) is 4.79. The van der Waals surface area contributed by atoms with Gasteiger partial charge in [-0.3, -0.25) is 9.59 Å². The molecule has 6 heteroatoms. The normalized spacial score (nSPS) is 16.8. The molecule has 1 aliphatic rings. The maximum absolute atomic E-state index is 13.6. The molecule has 1 unspecified atom stereocenters. The van der Waals surface area contributed by atoms with Gasteiger partial charge in [-0.15, -0.1) is 0 Å². The molecule has 0 radical (unpaired) electrons. The van der Waals surface area contributed by atoms with E-state index in [9.17, 15) is 23.5 Å². The number of rotatable bonds is 5. The Morgan fingerprint density at radius 1 is 1.19 bits per heavy atom. The Morgan fingerprint density at radius 3 is 2.56 bits per heavy atom. The zero-order valence-electron chi connectivity index (χ0n) is 14.7. The summed E-state index contributed by atoms with van der Waals surface area (Å²) in [5.74, 6) is -5.29. The number of hydrogen-bond donors (Lipinski definition) is 2. The number of carbonyl (C=O) groups is 2. The summed E-state index contributed by atoms with van der Waals surface area (Å²) in [6, 6.07) is 12.5. The van der Waals surface area contributed by atoms with Gasteiger partial charge in [0.1, 0.15) is 0 Å². The van der Waals surface area contributed by atoms with Gasteiger partial charge in [-0.05, 0) is 29.2 Å². The molecular weight excluding hydrogens is 352 g/mol. The number of allylic oxidation sites excluding steroid dienone is 1.